The number of hydrogen-bond acceptors (Lipinski definition) is 6. The van der Waals surface area contributed by atoms with Crippen molar-refractivity contribution in [3.63, 3.8) is 0 Å². The van der Waals surface area contributed by atoms with Gasteiger partial charge in [-0.05, 0) is 78.7 Å². The summed E-state index contributed by atoms with van der Waals surface area (Å²) < 4.78 is 5.88. The Morgan fingerprint density at radius 2 is 1.45 bits per heavy atom. The monoisotopic (exact) mass is 670 g/mol. The molecule has 4 amide bonds. The molecule has 0 saturated heterocycles. The van der Waals surface area contributed by atoms with Crippen LogP contribution in [0.2, 0.25) is 0 Å². The zero-order valence-corrected chi connectivity index (χ0v) is 27.4. The minimum atomic E-state index is -0.641. The third kappa shape index (κ3) is 9.93. The summed E-state index contributed by atoms with van der Waals surface area (Å²) in [5.41, 5.74) is 8.60. The Labute approximate surface area is 288 Å². The highest BCUT2D eigenvalue weighted by Gasteiger charge is 2.19. The average molecular weight is 671 g/mol. The van der Waals surface area contributed by atoms with E-state index >= 15 is 0 Å². The van der Waals surface area contributed by atoms with Crippen LogP contribution in [0, 0.1) is 0 Å². The van der Waals surface area contributed by atoms with E-state index in [1.165, 1.54) is 11.8 Å². The number of anilines is 2. The van der Waals surface area contributed by atoms with E-state index in [1.807, 2.05) is 36.4 Å². The minimum Gasteiger partial charge on any atom is -0.489 e. The topological polar surface area (TPSA) is 140 Å². The molecule has 1 atom stereocenters. The molecule has 0 radical (unpaired) electrons. The van der Waals surface area contributed by atoms with Crippen molar-refractivity contribution in [1.29, 1.82) is 0 Å². The number of carbonyl (C=O) groups excluding carboxylic acids is 4. The average Bonchev–Trinajstić information content (AvgIpc) is 3.12. The van der Waals surface area contributed by atoms with Crippen LogP contribution in [0.25, 0.3) is 6.08 Å². The Balaban J connectivity index is 1.29. The van der Waals surface area contributed by atoms with Crippen molar-refractivity contribution in [1.82, 2.24) is 5.32 Å². The number of ether oxygens (including phenoxy) is 1. The van der Waals surface area contributed by atoms with Gasteiger partial charge in [-0.15, -0.1) is 11.8 Å². The molecule has 5 aromatic rings. The number of rotatable bonds is 13. The predicted octanol–water partition coefficient (Wildman–Crippen LogP) is 6.89. The van der Waals surface area contributed by atoms with E-state index in [1.54, 1.807) is 110 Å². The number of thioether (sulfide) groups is 1. The number of hydrogen-bond donors (Lipinski definition) is 4. The number of para-hydroxylation sites is 1. The number of nitrogens with two attached hydrogens (primary N) is 1. The molecule has 49 heavy (non-hydrogen) atoms. The fourth-order valence-electron chi connectivity index (χ4n) is 4.65. The van der Waals surface area contributed by atoms with Gasteiger partial charge in [-0.25, -0.2) is 0 Å². The van der Waals surface area contributed by atoms with Gasteiger partial charge in [-0.3, -0.25) is 19.2 Å². The lowest BCUT2D eigenvalue weighted by Gasteiger charge is -2.15. The molecule has 0 spiro atoms. The van der Waals surface area contributed by atoms with Crippen LogP contribution in [0.3, 0.4) is 0 Å². The quantitative estimate of drug-likeness (QED) is 0.0795. The fraction of sp³-hybridized carbons (Fsp3) is 0.0769. The number of primary amides is 1. The lowest BCUT2D eigenvalue weighted by atomic mass is 10.1. The summed E-state index contributed by atoms with van der Waals surface area (Å²) >= 11 is 1.27. The second-order valence-corrected chi connectivity index (χ2v) is 12.3. The van der Waals surface area contributed by atoms with Gasteiger partial charge < -0.3 is 26.4 Å². The Hall–Kier alpha value is -6.13. The summed E-state index contributed by atoms with van der Waals surface area (Å²) in [5, 5.41) is 7.82. The van der Waals surface area contributed by atoms with Crippen LogP contribution in [-0.4, -0.2) is 28.9 Å². The van der Waals surface area contributed by atoms with Gasteiger partial charge in [0.15, 0.2) is 0 Å². The first kappa shape index (κ1) is 34.2. The van der Waals surface area contributed by atoms with Crippen molar-refractivity contribution in [2.75, 3.05) is 10.6 Å². The molecule has 246 valence electrons. The summed E-state index contributed by atoms with van der Waals surface area (Å²) in [7, 11) is 0. The summed E-state index contributed by atoms with van der Waals surface area (Å²) in [6.07, 6.45) is 1.59. The Kier molecular flexibility index (Phi) is 11.6. The van der Waals surface area contributed by atoms with Gasteiger partial charge in [0.25, 0.3) is 17.7 Å². The van der Waals surface area contributed by atoms with Gasteiger partial charge in [0.1, 0.15) is 18.1 Å². The van der Waals surface area contributed by atoms with Crippen LogP contribution < -0.4 is 26.4 Å². The minimum absolute atomic E-state index is 0.0331. The first-order valence-electron chi connectivity index (χ1n) is 15.4. The van der Waals surface area contributed by atoms with Crippen LogP contribution in [0.4, 0.5) is 11.4 Å². The van der Waals surface area contributed by atoms with E-state index in [2.05, 4.69) is 16.0 Å². The number of amides is 4. The number of nitrogens with one attached hydrogen (secondary N) is 3. The zero-order chi connectivity index (χ0) is 34.6. The second-order valence-electron chi connectivity index (χ2n) is 10.9. The molecule has 5 aromatic carbocycles. The van der Waals surface area contributed by atoms with E-state index in [0.717, 1.165) is 5.56 Å². The van der Waals surface area contributed by atoms with Gasteiger partial charge in [-0.1, -0.05) is 78.9 Å². The molecule has 5 N–H and O–H groups in total. The third-order valence-electron chi connectivity index (χ3n) is 7.19. The van der Waals surface area contributed by atoms with E-state index in [0.29, 0.717) is 39.8 Å². The zero-order valence-electron chi connectivity index (χ0n) is 26.6. The second kappa shape index (κ2) is 16.6. The normalized spacial score (nSPS) is 11.6. The smallest absolute Gasteiger partial charge is 0.272 e. The van der Waals surface area contributed by atoms with Crippen molar-refractivity contribution in [3.8, 4) is 5.75 Å². The third-order valence-corrected chi connectivity index (χ3v) is 8.29. The Morgan fingerprint density at radius 3 is 2.16 bits per heavy atom. The molecule has 0 saturated carbocycles. The van der Waals surface area contributed by atoms with E-state index in [4.69, 9.17) is 10.5 Å². The molecule has 0 aliphatic rings. The van der Waals surface area contributed by atoms with Crippen molar-refractivity contribution in [3.05, 3.63) is 161 Å². The molecular formula is C39H34N4O5S. The molecule has 0 aliphatic heterocycles. The number of benzene rings is 5. The highest BCUT2D eigenvalue weighted by molar-refractivity contribution is 8.00. The van der Waals surface area contributed by atoms with E-state index in [-0.39, 0.29) is 17.2 Å². The van der Waals surface area contributed by atoms with Gasteiger partial charge in [-0.2, -0.15) is 0 Å². The largest absolute Gasteiger partial charge is 0.489 e. The summed E-state index contributed by atoms with van der Waals surface area (Å²) in [5.74, 6) is -1.28. The highest BCUT2D eigenvalue weighted by atomic mass is 32.2. The molecule has 10 heteroatoms. The summed E-state index contributed by atoms with van der Waals surface area (Å²) in [6, 6.07) is 39.2. The van der Waals surface area contributed by atoms with Crippen molar-refractivity contribution >= 4 is 52.8 Å². The molecule has 0 bridgehead atoms. The van der Waals surface area contributed by atoms with Gasteiger partial charge >= 0.3 is 0 Å². The van der Waals surface area contributed by atoms with Gasteiger partial charge in [0.2, 0.25) is 5.91 Å². The van der Waals surface area contributed by atoms with Crippen molar-refractivity contribution in [2.24, 2.45) is 5.73 Å². The molecule has 0 heterocycles. The lowest BCUT2D eigenvalue weighted by molar-refractivity contribution is -0.115. The molecular weight excluding hydrogens is 637 g/mol. The maximum absolute atomic E-state index is 13.6. The van der Waals surface area contributed by atoms with Crippen molar-refractivity contribution < 1.29 is 23.9 Å². The maximum Gasteiger partial charge on any atom is 0.272 e. The van der Waals surface area contributed by atoms with Crippen LogP contribution in [0.1, 0.15) is 38.8 Å². The standard InChI is InChI=1S/C39H34N4O5S/c1-26(37(45)42-34-18-9-8-17-33(34)36(40)44)49-32-16-10-15-30(24-32)41-39(47)35(43-38(46)29-13-6-3-7-14-29)23-27-19-21-31(22-20-27)48-25-28-11-4-2-5-12-28/h2-24,26H,25H2,1H3,(H2,40,44)(H,41,47)(H,42,45)(H,43,46)/b35-23+. The van der Waals surface area contributed by atoms with Gasteiger partial charge in [0.05, 0.1) is 16.5 Å². The molecule has 0 fully saturated rings. The van der Waals surface area contributed by atoms with E-state index < -0.39 is 23.0 Å². The molecule has 1 unspecified atom stereocenters. The Morgan fingerprint density at radius 1 is 0.776 bits per heavy atom. The summed E-state index contributed by atoms with van der Waals surface area (Å²) in [4.78, 5) is 52.1. The van der Waals surface area contributed by atoms with Crippen molar-refractivity contribution in [2.45, 2.75) is 23.7 Å². The van der Waals surface area contributed by atoms with Crippen LogP contribution >= 0.6 is 11.8 Å². The Bertz CT molecular complexity index is 1970. The van der Waals surface area contributed by atoms with E-state index in [9.17, 15) is 19.2 Å². The predicted molar refractivity (Wildman–Crippen MR) is 193 cm³/mol. The lowest BCUT2D eigenvalue weighted by Crippen LogP contribution is -2.30. The summed E-state index contributed by atoms with van der Waals surface area (Å²) in [6.45, 7) is 2.15. The highest BCUT2D eigenvalue weighted by Crippen LogP contribution is 2.27. The first-order chi connectivity index (χ1) is 23.7. The maximum atomic E-state index is 13.6. The number of carbonyl (C=O) groups is 4. The SMILES string of the molecule is CC(Sc1cccc(NC(=O)/C(=C\c2ccc(OCc3ccccc3)cc2)NC(=O)c2ccccc2)c1)C(=O)Nc1ccccc1C(N)=O. The molecule has 9 nitrogen and oxygen atoms in total. The fourth-order valence-corrected chi connectivity index (χ4v) is 5.58. The molecule has 0 aromatic heterocycles. The van der Waals surface area contributed by atoms with Crippen LogP contribution in [0.5, 0.6) is 5.75 Å². The van der Waals surface area contributed by atoms with Gasteiger partial charge in [0, 0.05) is 16.1 Å². The van der Waals surface area contributed by atoms with Crippen LogP contribution in [0.15, 0.2) is 144 Å². The molecule has 5 rings (SSSR count). The first-order valence-corrected chi connectivity index (χ1v) is 16.3. The van der Waals surface area contributed by atoms with Crippen LogP contribution in [-0.2, 0) is 16.2 Å². The molecule has 0 aliphatic carbocycles.